The maximum atomic E-state index is 13.3. The van der Waals surface area contributed by atoms with Gasteiger partial charge in [0.05, 0.1) is 12.7 Å². The molecule has 2 atom stereocenters. The summed E-state index contributed by atoms with van der Waals surface area (Å²) in [5.41, 5.74) is 0.318. The van der Waals surface area contributed by atoms with E-state index in [1.165, 1.54) is 18.3 Å². The van der Waals surface area contributed by atoms with Gasteiger partial charge in [0.1, 0.15) is 28.8 Å². The van der Waals surface area contributed by atoms with Crippen LogP contribution < -0.4 is 25.4 Å². The number of pyridine rings is 1. The van der Waals surface area contributed by atoms with Gasteiger partial charge in [-0.1, -0.05) is 0 Å². The molecular formula is C27H25F3N4O5. The first-order chi connectivity index (χ1) is 18.6. The van der Waals surface area contributed by atoms with E-state index in [4.69, 9.17) is 9.47 Å². The molecule has 9 nitrogen and oxygen atoms in total. The Morgan fingerprint density at radius 1 is 1.10 bits per heavy atom. The van der Waals surface area contributed by atoms with Crippen LogP contribution in [0.25, 0.3) is 0 Å². The highest BCUT2D eigenvalue weighted by molar-refractivity contribution is 5.93. The van der Waals surface area contributed by atoms with Crippen LogP contribution >= 0.6 is 0 Å². The van der Waals surface area contributed by atoms with Crippen molar-refractivity contribution < 1.29 is 37.3 Å². The molecule has 3 aromatic rings. The fourth-order valence-electron chi connectivity index (χ4n) is 4.76. The van der Waals surface area contributed by atoms with Gasteiger partial charge in [-0.25, -0.2) is 9.78 Å². The molecule has 1 saturated carbocycles. The van der Waals surface area contributed by atoms with Gasteiger partial charge in [0.2, 0.25) is 5.91 Å². The molecule has 39 heavy (non-hydrogen) atoms. The molecule has 0 unspecified atom stereocenters. The first-order valence-corrected chi connectivity index (χ1v) is 12.2. The summed E-state index contributed by atoms with van der Waals surface area (Å²) >= 11 is 0. The van der Waals surface area contributed by atoms with Gasteiger partial charge in [0.15, 0.2) is 0 Å². The van der Waals surface area contributed by atoms with Gasteiger partial charge < -0.3 is 30.5 Å². The van der Waals surface area contributed by atoms with Gasteiger partial charge in [0.25, 0.3) is 0 Å². The number of aromatic hydroxyl groups is 1. The van der Waals surface area contributed by atoms with Crippen molar-refractivity contribution in [3.63, 3.8) is 0 Å². The largest absolute Gasteiger partial charge is 0.508 e. The lowest BCUT2D eigenvalue weighted by atomic mass is 9.74. The number of ether oxygens (including phenoxy) is 2. The summed E-state index contributed by atoms with van der Waals surface area (Å²) in [6.07, 6.45) is -1.01. The number of aromatic nitrogens is 1. The number of fused-ring (bicyclic) bond motifs is 1. The van der Waals surface area contributed by atoms with Crippen LogP contribution in [0.5, 0.6) is 23.0 Å². The number of halogens is 3. The van der Waals surface area contributed by atoms with E-state index < -0.39 is 17.8 Å². The van der Waals surface area contributed by atoms with Crippen LogP contribution in [0.1, 0.15) is 41.9 Å². The smallest absolute Gasteiger partial charge is 0.420 e. The number of methoxy groups -OCH3 is 1. The molecule has 1 aliphatic carbocycles. The minimum absolute atomic E-state index is 0.0354. The first-order valence-electron chi connectivity index (χ1n) is 12.2. The first kappa shape index (κ1) is 26.1. The number of alkyl halides is 3. The van der Waals surface area contributed by atoms with Gasteiger partial charge in [0, 0.05) is 41.4 Å². The summed E-state index contributed by atoms with van der Waals surface area (Å²) in [7, 11) is 1.14. The van der Waals surface area contributed by atoms with E-state index in [0.717, 1.165) is 24.8 Å². The molecule has 2 aliphatic rings. The van der Waals surface area contributed by atoms with Crippen molar-refractivity contribution >= 4 is 23.4 Å². The van der Waals surface area contributed by atoms with Crippen LogP contribution in [-0.2, 0) is 17.4 Å². The number of carbonyl (C=O) groups excluding carboxylic acids is 2. The van der Waals surface area contributed by atoms with E-state index in [1.54, 1.807) is 18.2 Å². The van der Waals surface area contributed by atoms with Gasteiger partial charge in [-0.2, -0.15) is 13.2 Å². The summed E-state index contributed by atoms with van der Waals surface area (Å²) in [6, 6.07) is 8.77. The Morgan fingerprint density at radius 2 is 1.92 bits per heavy atom. The second-order valence-corrected chi connectivity index (χ2v) is 9.31. The summed E-state index contributed by atoms with van der Waals surface area (Å²) in [5.74, 6) is 0.802. The number of anilines is 2. The fourth-order valence-corrected chi connectivity index (χ4v) is 4.76. The maximum Gasteiger partial charge on any atom is 0.420 e. The highest BCUT2D eigenvalue weighted by Crippen LogP contribution is 2.43. The Morgan fingerprint density at radius 3 is 2.64 bits per heavy atom. The number of amides is 3. The predicted molar refractivity (Wildman–Crippen MR) is 135 cm³/mol. The van der Waals surface area contributed by atoms with Gasteiger partial charge in [-0.3, -0.25) is 4.79 Å². The summed E-state index contributed by atoms with van der Waals surface area (Å²) in [4.78, 5) is 28.5. The molecule has 2 heterocycles. The molecule has 4 N–H and O–H groups in total. The summed E-state index contributed by atoms with van der Waals surface area (Å²) < 4.78 is 50.8. The summed E-state index contributed by atoms with van der Waals surface area (Å²) in [5, 5.41) is 18.5. The third-order valence-corrected chi connectivity index (χ3v) is 6.85. The topological polar surface area (TPSA) is 122 Å². The standard InChI is InChI=1S/C27H25F3N4O5/c1-38-23-8-2-14(12-19(23)27(28,29)30)32-26(37)33-20-6-4-16(20)18-13-15(3-7-21(18)35)39-22-10-11-31-25-17(22)5-9-24(36)34-25/h2-3,7-8,10-13,16,20,35H,4-6,9H2,1H3,(H,31,34,36)(H2,32,33,37)/t16-,20+/m0/s1. The van der Waals surface area contributed by atoms with Crippen molar-refractivity contribution in [2.45, 2.75) is 43.8 Å². The van der Waals surface area contributed by atoms with E-state index in [1.807, 2.05) is 0 Å². The second-order valence-electron chi connectivity index (χ2n) is 9.31. The molecule has 12 heteroatoms. The number of phenolic OH excluding ortho intramolecular Hbond substituents is 1. The number of hydrogen-bond acceptors (Lipinski definition) is 6. The number of nitrogens with zero attached hydrogens (tertiary/aromatic N) is 1. The van der Waals surface area contributed by atoms with Crippen molar-refractivity contribution in [3.05, 3.63) is 65.4 Å². The van der Waals surface area contributed by atoms with Crippen LogP contribution in [0.2, 0.25) is 0 Å². The van der Waals surface area contributed by atoms with Crippen molar-refractivity contribution in [2.24, 2.45) is 0 Å². The van der Waals surface area contributed by atoms with Crippen LogP contribution in [0.15, 0.2) is 48.7 Å². The normalized spacial score (nSPS) is 18.3. The molecule has 0 spiro atoms. The molecule has 1 fully saturated rings. The third-order valence-electron chi connectivity index (χ3n) is 6.85. The average Bonchev–Trinajstić information content (AvgIpc) is 2.88. The Balaban J connectivity index is 1.27. The second kappa shape index (κ2) is 10.4. The quantitative estimate of drug-likeness (QED) is 0.324. The van der Waals surface area contributed by atoms with Gasteiger partial charge >= 0.3 is 12.2 Å². The van der Waals surface area contributed by atoms with E-state index in [2.05, 4.69) is 20.9 Å². The van der Waals surface area contributed by atoms with Gasteiger partial charge in [-0.15, -0.1) is 0 Å². The number of hydrogen-bond donors (Lipinski definition) is 4. The lowest BCUT2D eigenvalue weighted by Crippen LogP contribution is -2.47. The van der Waals surface area contributed by atoms with E-state index in [0.29, 0.717) is 48.6 Å². The summed E-state index contributed by atoms with van der Waals surface area (Å²) in [6.45, 7) is 0. The molecule has 0 saturated heterocycles. The highest BCUT2D eigenvalue weighted by Gasteiger charge is 2.36. The minimum Gasteiger partial charge on any atom is -0.508 e. The number of benzene rings is 2. The molecule has 1 aromatic heterocycles. The number of carbonyl (C=O) groups is 2. The number of urea groups is 1. The van der Waals surface area contributed by atoms with E-state index >= 15 is 0 Å². The van der Waals surface area contributed by atoms with Crippen molar-refractivity contribution in [1.29, 1.82) is 0 Å². The van der Waals surface area contributed by atoms with E-state index in [-0.39, 0.29) is 35.1 Å². The lowest BCUT2D eigenvalue weighted by molar-refractivity contribution is -0.138. The van der Waals surface area contributed by atoms with E-state index in [9.17, 15) is 27.9 Å². The molecule has 3 amide bonds. The zero-order valence-electron chi connectivity index (χ0n) is 20.8. The Kier molecular flexibility index (Phi) is 6.94. The zero-order chi connectivity index (χ0) is 27.7. The molecule has 0 bridgehead atoms. The maximum absolute atomic E-state index is 13.3. The molecule has 204 valence electrons. The molecule has 2 aromatic carbocycles. The highest BCUT2D eigenvalue weighted by atomic mass is 19.4. The Bertz CT molecular complexity index is 1430. The van der Waals surface area contributed by atoms with Crippen LogP contribution in [0.3, 0.4) is 0 Å². The van der Waals surface area contributed by atoms with Crippen LogP contribution in [0, 0.1) is 0 Å². The number of phenols is 1. The van der Waals surface area contributed by atoms with Crippen LogP contribution in [0.4, 0.5) is 29.5 Å². The lowest BCUT2D eigenvalue weighted by Gasteiger charge is -2.37. The molecule has 1 aliphatic heterocycles. The van der Waals surface area contributed by atoms with Crippen molar-refractivity contribution in [2.75, 3.05) is 17.7 Å². The third kappa shape index (κ3) is 5.54. The monoisotopic (exact) mass is 542 g/mol. The molecule has 5 rings (SSSR count). The van der Waals surface area contributed by atoms with Gasteiger partial charge in [-0.05, 0) is 61.7 Å². The predicted octanol–water partition coefficient (Wildman–Crippen LogP) is 5.56. The van der Waals surface area contributed by atoms with Crippen molar-refractivity contribution in [3.8, 4) is 23.0 Å². The zero-order valence-corrected chi connectivity index (χ0v) is 20.8. The SMILES string of the molecule is COc1ccc(NC(=O)N[C@@H]2CC[C@H]2c2cc(Oc3ccnc4c3CCC(=O)N4)ccc2O)cc1C(F)(F)F. The van der Waals surface area contributed by atoms with Crippen molar-refractivity contribution in [1.82, 2.24) is 10.3 Å². The molecular weight excluding hydrogens is 517 g/mol. The Labute approximate surface area is 221 Å². The molecule has 0 radical (unpaired) electrons. The fraction of sp³-hybridized carbons (Fsp3) is 0.296. The van der Waals surface area contributed by atoms with Crippen LogP contribution in [-0.4, -0.2) is 35.2 Å². The number of rotatable bonds is 6. The average molecular weight is 543 g/mol. The Hall–Kier alpha value is -4.48. The minimum atomic E-state index is -4.65. The number of nitrogens with one attached hydrogen (secondary N) is 3.